The number of phenols is 1. The van der Waals surface area contributed by atoms with Crippen LogP contribution in [0.15, 0.2) is 66.8 Å². The molecule has 2 heteroatoms. The molecular formula is C30H39NO. The summed E-state index contributed by atoms with van der Waals surface area (Å²) in [6, 6.07) is 10.3. The molecule has 2 nitrogen and oxygen atoms in total. The van der Waals surface area contributed by atoms with Crippen LogP contribution in [0.4, 0.5) is 0 Å². The van der Waals surface area contributed by atoms with Gasteiger partial charge in [0.1, 0.15) is 5.75 Å². The molecule has 0 amide bonds. The summed E-state index contributed by atoms with van der Waals surface area (Å²) >= 11 is 0. The molecule has 2 aromatic carbocycles. The first-order valence-corrected chi connectivity index (χ1v) is 12.4. The second kappa shape index (κ2) is 13.0. The fourth-order valence-corrected chi connectivity index (χ4v) is 4.37. The first-order valence-electron chi connectivity index (χ1n) is 12.4. The van der Waals surface area contributed by atoms with Crippen LogP contribution in [0.3, 0.4) is 0 Å². The number of hydrogen-bond donors (Lipinski definition) is 2. The van der Waals surface area contributed by atoms with Crippen LogP contribution >= 0.6 is 0 Å². The summed E-state index contributed by atoms with van der Waals surface area (Å²) in [5.74, 6) is 0.413. The summed E-state index contributed by atoms with van der Waals surface area (Å²) < 4.78 is 0. The number of aryl methyl sites for hydroxylation is 1. The molecule has 0 fully saturated rings. The number of aromatic amines is 1. The predicted molar refractivity (Wildman–Crippen MR) is 141 cm³/mol. The Morgan fingerprint density at radius 3 is 2.31 bits per heavy atom. The average Bonchev–Trinajstić information content (AvgIpc) is 3.16. The zero-order chi connectivity index (χ0) is 22.6. The maximum Gasteiger partial charge on any atom is 0.119 e. The van der Waals surface area contributed by atoms with Crippen LogP contribution in [-0.4, -0.2) is 10.1 Å². The van der Waals surface area contributed by atoms with Crippen molar-refractivity contribution in [1.29, 1.82) is 0 Å². The molecule has 0 saturated carbocycles. The lowest BCUT2D eigenvalue weighted by Gasteiger charge is -2.10. The van der Waals surface area contributed by atoms with Crippen LogP contribution in [-0.2, 0) is 6.42 Å². The zero-order valence-corrected chi connectivity index (χ0v) is 19.9. The van der Waals surface area contributed by atoms with E-state index in [9.17, 15) is 5.11 Å². The summed E-state index contributed by atoms with van der Waals surface area (Å²) in [6.45, 7) is 4.21. The van der Waals surface area contributed by atoms with E-state index >= 15 is 0 Å². The number of rotatable bonds is 13. The van der Waals surface area contributed by atoms with Gasteiger partial charge in [0, 0.05) is 16.3 Å². The van der Waals surface area contributed by atoms with Crippen molar-refractivity contribution < 1.29 is 5.11 Å². The molecule has 0 aliphatic heterocycles. The lowest BCUT2D eigenvalue weighted by atomic mass is 9.97. The zero-order valence-electron chi connectivity index (χ0n) is 19.9. The van der Waals surface area contributed by atoms with E-state index in [0.29, 0.717) is 5.75 Å². The van der Waals surface area contributed by atoms with Gasteiger partial charge in [-0.15, -0.1) is 0 Å². The van der Waals surface area contributed by atoms with Gasteiger partial charge in [-0.1, -0.05) is 80.8 Å². The molecule has 2 N–H and O–H groups in total. The molecule has 0 radical (unpaired) electrons. The monoisotopic (exact) mass is 429 g/mol. The molecule has 3 aromatic rings. The number of unbranched alkanes of at least 4 members (excludes halogenated alkanes) is 5. The molecule has 0 aliphatic carbocycles. The predicted octanol–water partition coefficient (Wildman–Crippen LogP) is 9.08. The molecule has 32 heavy (non-hydrogen) atoms. The molecule has 3 rings (SSSR count). The van der Waals surface area contributed by atoms with E-state index in [0.717, 1.165) is 42.1 Å². The van der Waals surface area contributed by atoms with Crippen LogP contribution in [0.1, 0.15) is 75.8 Å². The molecule has 0 saturated heterocycles. The number of para-hydroxylation sites is 1. The van der Waals surface area contributed by atoms with Crippen LogP contribution < -0.4 is 0 Å². The maximum absolute atomic E-state index is 10.5. The van der Waals surface area contributed by atoms with Gasteiger partial charge < -0.3 is 10.1 Å². The van der Waals surface area contributed by atoms with Crippen molar-refractivity contribution in [2.45, 2.75) is 78.1 Å². The van der Waals surface area contributed by atoms with Crippen molar-refractivity contribution in [3.63, 3.8) is 0 Å². The van der Waals surface area contributed by atoms with E-state index in [2.05, 4.69) is 72.6 Å². The van der Waals surface area contributed by atoms with Crippen molar-refractivity contribution in [1.82, 2.24) is 4.98 Å². The van der Waals surface area contributed by atoms with E-state index in [-0.39, 0.29) is 0 Å². The van der Waals surface area contributed by atoms with Gasteiger partial charge in [-0.25, -0.2) is 0 Å². The smallest absolute Gasteiger partial charge is 0.119 e. The molecule has 0 spiro atoms. The Hall–Kier alpha value is -2.74. The number of phenolic OH excluding ortho intramolecular Hbond substituents is 1. The van der Waals surface area contributed by atoms with E-state index < -0.39 is 0 Å². The van der Waals surface area contributed by atoms with Crippen molar-refractivity contribution in [3.8, 4) is 5.75 Å². The highest BCUT2D eigenvalue weighted by Crippen LogP contribution is 2.35. The molecule has 0 bridgehead atoms. The second-order valence-corrected chi connectivity index (χ2v) is 8.69. The molecule has 1 aromatic heterocycles. The Bertz CT molecular complexity index is 1070. The summed E-state index contributed by atoms with van der Waals surface area (Å²) in [5.41, 5.74) is 4.63. The minimum Gasteiger partial charge on any atom is -0.508 e. The van der Waals surface area contributed by atoms with Gasteiger partial charge in [-0.3, -0.25) is 0 Å². The topological polar surface area (TPSA) is 36.0 Å². The first-order chi connectivity index (χ1) is 15.7. The number of nitrogens with one attached hydrogen (secondary N) is 1. The van der Waals surface area contributed by atoms with Crippen LogP contribution in [0.5, 0.6) is 5.75 Å². The number of aromatic nitrogens is 1. The maximum atomic E-state index is 10.5. The third kappa shape index (κ3) is 6.63. The second-order valence-electron chi connectivity index (χ2n) is 8.69. The normalized spacial score (nSPS) is 12.4. The highest BCUT2D eigenvalue weighted by Gasteiger charge is 2.13. The summed E-state index contributed by atoms with van der Waals surface area (Å²) in [6.07, 6.45) is 25.2. The van der Waals surface area contributed by atoms with Gasteiger partial charge in [0.25, 0.3) is 0 Å². The number of allylic oxidation sites excluding steroid dienone is 6. The Morgan fingerprint density at radius 2 is 1.50 bits per heavy atom. The highest BCUT2D eigenvalue weighted by atomic mass is 16.3. The number of fused-ring (bicyclic) bond motifs is 3. The SMILES string of the molecule is CC/C=C\C/C=C\C/C=C\CCCCCCCc1c(C)c(O)cc2c1[nH]c1ccccc12. The van der Waals surface area contributed by atoms with Gasteiger partial charge in [0.05, 0.1) is 5.52 Å². The van der Waals surface area contributed by atoms with Gasteiger partial charge in [0.2, 0.25) is 0 Å². The molecule has 1 heterocycles. The Morgan fingerprint density at radius 1 is 0.812 bits per heavy atom. The van der Waals surface area contributed by atoms with Crippen molar-refractivity contribution in [2.75, 3.05) is 0 Å². The number of aromatic hydroxyl groups is 1. The standard InChI is InChI=1S/C30H39NO/c1-3-4-5-6-7-8-9-10-11-12-13-14-15-16-17-20-25-24(2)29(32)23-27-26-21-18-19-22-28(26)31-30(25)27/h4-5,7-8,10-11,18-19,21-23,31-32H,3,6,9,12-17,20H2,1-2H3/b5-4-,8-7-,11-10-. The Labute approximate surface area is 193 Å². The van der Waals surface area contributed by atoms with Crippen LogP contribution in [0.25, 0.3) is 21.8 Å². The van der Waals surface area contributed by atoms with Crippen LogP contribution in [0, 0.1) is 6.92 Å². The molecule has 0 unspecified atom stereocenters. The molecule has 0 aliphatic rings. The van der Waals surface area contributed by atoms with Gasteiger partial charge in [0.15, 0.2) is 0 Å². The largest absolute Gasteiger partial charge is 0.508 e. The fraction of sp³-hybridized carbons (Fsp3) is 0.400. The Balaban J connectivity index is 1.38. The van der Waals surface area contributed by atoms with E-state index in [1.54, 1.807) is 0 Å². The number of benzene rings is 2. The number of H-pyrrole nitrogens is 1. The summed E-state index contributed by atoms with van der Waals surface area (Å²) in [4.78, 5) is 3.59. The van der Waals surface area contributed by atoms with Gasteiger partial charge in [-0.05, 0) is 75.1 Å². The van der Waals surface area contributed by atoms with E-state index in [1.807, 2.05) is 13.0 Å². The van der Waals surface area contributed by atoms with Gasteiger partial charge >= 0.3 is 0 Å². The van der Waals surface area contributed by atoms with E-state index in [1.165, 1.54) is 55.0 Å². The first kappa shape index (κ1) is 23.9. The summed E-state index contributed by atoms with van der Waals surface area (Å²) in [7, 11) is 0. The minimum atomic E-state index is 0.413. The highest BCUT2D eigenvalue weighted by molar-refractivity contribution is 6.09. The lowest BCUT2D eigenvalue weighted by molar-refractivity contribution is 0.471. The third-order valence-electron chi connectivity index (χ3n) is 6.24. The molecular weight excluding hydrogens is 390 g/mol. The third-order valence-corrected chi connectivity index (χ3v) is 6.24. The van der Waals surface area contributed by atoms with Crippen molar-refractivity contribution in [2.24, 2.45) is 0 Å². The minimum absolute atomic E-state index is 0.413. The Kier molecular flexibility index (Phi) is 9.68. The average molecular weight is 430 g/mol. The molecule has 0 atom stereocenters. The molecule has 170 valence electrons. The number of hydrogen-bond acceptors (Lipinski definition) is 1. The van der Waals surface area contributed by atoms with Crippen molar-refractivity contribution >= 4 is 21.8 Å². The van der Waals surface area contributed by atoms with E-state index in [4.69, 9.17) is 0 Å². The van der Waals surface area contributed by atoms with Crippen LogP contribution in [0.2, 0.25) is 0 Å². The fourth-order valence-electron chi connectivity index (χ4n) is 4.37. The summed E-state index contributed by atoms with van der Waals surface area (Å²) in [5, 5.41) is 12.8. The quantitative estimate of drug-likeness (QED) is 0.206. The lowest BCUT2D eigenvalue weighted by Crippen LogP contribution is -1.93. The van der Waals surface area contributed by atoms with Crippen molar-refractivity contribution in [3.05, 3.63) is 77.9 Å². The van der Waals surface area contributed by atoms with Gasteiger partial charge in [-0.2, -0.15) is 0 Å².